The van der Waals surface area contributed by atoms with Gasteiger partial charge in [0.1, 0.15) is 0 Å². The second-order valence-corrected chi connectivity index (χ2v) is 8.32. The van der Waals surface area contributed by atoms with Gasteiger partial charge in [0.25, 0.3) is 0 Å². The lowest BCUT2D eigenvalue weighted by molar-refractivity contribution is 0.249. The first-order chi connectivity index (χ1) is 15.2. The number of aliphatic imine (C=N–C) groups is 1. The number of nitrogens with zero attached hydrogens (tertiary/aromatic N) is 2. The summed E-state index contributed by atoms with van der Waals surface area (Å²) in [6, 6.07) is 8.65. The minimum Gasteiger partial charge on any atom is -0.493 e. The Bertz CT molecular complexity index is 810. The minimum atomic E-state index is 0.367. The molecule has 1 aliphatic heterocycles. The highest BCUT2D eigenvalue weighted by molar-refractivity contribution is 7.10. The van der Waals surface area contributed by atoms with Crippen molar-refractivity contribution < 1.29 is 14.2 Å². The molecule has 2 heterocycles. The van der Waals surface area contributed by atoms with Crippen molar-refractivity contribution in [3.63, 3.8) is 0 Å². The number of hydrogen-bond donors (Lipinski definition) is 2. The molecule has 1 fully saturated rings. The molecule has 170 valence electrons. The number of methoxy groups -OCH3 is 2. The molecule has 1 saturated heterocycles. The van der Waals surface area contributed by atoms with E-state index in [2.05, 4.69) is 38.0 Å². The predicted octanol–water partition coefficient (Wildman–Crippen LogP) is 3.67. The quantitative estimate of drug-likeness (QED) is 0.429. The largest absolute Gasteiger partial charge is 0.493 e. The Morgan fingerprint density at radius 3 is 2.42 bits per heavy atom. The Morgan fingerprint density at radius 1 is 1.16 bits per heavy atom. The Labute approximate surface area is 189 Å². The molecule has 0 amide bonds. The van der Waals surface area contributed by atoms with Gasteiger partial charge in [-0.15, -0.1) is 11.3 Å². The van der Waals surface area contributed by atoms with Gasteiger partial charge in [0, 0.05) is 25.0 Å². The lowest BCUT2D eigenvalue weighted by Gasteiger charge is -2.27. The second kappa shape index (κ2) is 11.8. The van der Waals surface area contributed by atoms with Crippen LogP contribution in [0.25, 0.3) is 0 Å². The maximum atomic E-state index is 5.69. The van der Waals surface area contributed by atoms with Crippen molar-refractivity contribution in [3.8, 4) is 17.2 Å². The monoisotopic (exact) mass is 446 g/mol. The summed E-state index contributed by atoms with van der Waals surface area (Å²) < 4.78 is 16.7. The average Bonchev–Trinajstić information content (AvgIpc) is 3.51. The zero-order valence-corrected chi connectivity index (χ0v) is 19.8. The van der Waals surface area contributed by atoms with Gasteiger partial charge in [-0.2, -0.15) is 0 Å². The van der Waals surface area contributed by atoms with Crippen LogP contribution in [0, 0.1) is 0 Å². The number of ether oxygens (including phenoxy) is 3. The van der Waals surface area contributed by atoms with Crippen molar-refractivity contribution in [1.82, 2.24) is 15.5 Å². The van der Waals surface area contributed by atoms with E-state index in [1.54, 1.807) is 21.3 Å². The van der Waals surface area contributed by atoms with E-state index in [0.29, 0.717) is 36.4 Å². The molecule has 1 atom stereocenters. The highest BCUT2D eigenvalue weighted by Gasteiger charge is 2.24. The standard InChI is InChI=1S/C23H34N4O3S/c1-5-30-22-19(28-3)13-17(14-20(22)29-4)15-25-23(24-2)26-16-18(21-9-8-12-31-21)27-10-6-7-11-27/h8-9,12-14,18H,5-7,10-11,15-16H2,1-4H3,(H2,24,25,26). The van der Waals surface area contributed by atoms with Crippen molar-refractivity contribution in [2.75, 3.05) is 47.5 Å². The normalized spacial score (nSPS) is 15.5. The topological polar surface area (TPSA) is 67.4 Å². The van der Waals surface area contributed by atoms with E-state index >= 15 is 0 Å². The SMILES string of the molecule is CCOc1c(OC)cc(CNC(=NC)NCC(c2cccs2)N2CCCC2)cc1OC. The molecule has 0 bridgehead atoms. The van der Waals surface area contributed by atoms with Crippen LogP contribution in [0.3, 0.4) is 0 Å². The number of hydrogen-bond acceptors (Lipinski definition) is 6. The van der Waals surface area contributed by atoms with Crippen LogP contribution in [0.4, 0.5) is 0 Å². The van der Waals surface area contributed by atoms with Crippen molar-refractivity contribution in [2.24, 2.45) is 4.99 Å². The zero-order chi connectivity index (χ0) is 22.1. The van der Waals surface area contributed by atoms with E-state index in [4.69, 9.17) is 14.2 Å². The van der Waals surface area contributed by atoms with Crippen molar-refractivity contribution in [3.05, 3.63) is 40.1 Å². The highest BCUT2D eigenvalue weighted by Crippen LogP contribution is 2.38. The van der Waals surface area contributed by atoms with Gasteiger partial charge in [-0.1, -0.05) is 6.07 Å². The summed E-state index contributed by atoms with van der Waals surface area (Å²) in [6.45, 7) is 6.20. The molecule has 1 aliphatic rings. The van der Waals surface area contributed by atoms with Crippen molar-refractivity contribution in [1.29, 1.82) is 0 Å². The number of benzene rings is 1. The Balaban J connectivity index is 1.63. The molecular weight excluding hydrogens is 412 g/mol. The Kier molecular flexibility index (Phi) is 8.85. The molecule has 0 spiro atoms. The second-order valence-electron chi connectivity index (χ2n) is 7.34. The van der Waals surface area contributed by atoms with E-state index in [1.807, 2.05) is 30.4 Å². The van der Waals surface area contributed by atoms with Gasteiger partial charge in [-0.3, -0.25) is 9.89 Å². The van der Waals surface area contributed by atoms with Crippen molar-refractivity contribution in [2.45, 2.75) is 32.4 Å². The fraction of sp³-hybridized carbons (Fsp3) is 0.522. The van der Waals surface area contributed by atoms with Gasteiger partial charge < -0.3 is 24.8 Å². The molecule has 2 N–H and O–H groups in total. The van der Waals surface area contributed by atoms with E-state index in [1.165, 1.54) is 17.7 Å². The van der Waals surface area contributed by atoms with Crippen LogP contribution in [0.5, 0.6) is 17.2 Å². The molecule has 7 nitrogen and oxygen atoms in total. The third kappa shape index (κ3) is 6.04. The maximum absolute atomic E-state index is 5.69. The number of rotatable bonds is 10. The molecule has 3 rings (SSSR count). The lowest BCUT2D eigenvalue weighted by atomic mass is 10.1. The summed E-state index contributed by atoms with van der Waals surface area (Å²) in [5.41, 5.74) is 1.02. The molecular formula is C23H34N4O3S. The van der Waals surface area contributed by atoms with E-state index in [-0.39, 0.29) is 0 Å². The van der Waals surface area contributed by atoms with Gasteiger partial charge in [0.05, 0.1) is 26.9 Å². The van der Waals surface area contributed by atoms with E-state index < -0.39 is 0 Å². The molecule has 0 radical (unpaired) electrons. The molecule has 1 aromatic carbocycles. The Morgan fingerprint density at radius 2 is 1.87 bits per heavy atom. The first kappa shape index (κ1) is 23.2. The number of thiophene rings is 1. The van der Waals surface area contributed by atoms with Gasteiger partial charge >= 0.3 is 0 Å². The molecule has 1 aromatic heterocycles. The summed E-state index contributed by atoms with van der Waals surface area (Å²) in [7, 11) is 5.07. The summed E-state index contributed by atoms with van der Waals surface area (Å²) in [6.07, 6.45) is 2.55. The maximum Gasteiger partial charge on any atom is 0.203 e. The predicted molar refractivity (Wildman–Crippen MR) is 127 cm³/mol. The average molecular weight is 447 g/mol. The molecule has 0 aliphatic carbocycles. The molecule has 8 heteroatoms. The van der Waals surface area contributed by atoms with Gasteiger partial charge in [0.15, 0.2) is 17.5 Å². The van der Waals surface area contributed by atoms with Crippen LogP contribution in [-0.4, -0.2) is 58.4 Å². The molecule has 2 aromatic rings. The smallest absolute Gasteiger partial charge is 0.203 e. The summed E-state index contributed by atoms with van der Waals surface area (Å²) in [5, 5.41) is 9.06. The number of guanidine groups is 1. The fourth-order valence-electron chi connectivity index (χ4n) is 3.87. The van der Waals surface area contributed by atoms with Crippen LogP contribution in [-0.2, 0) is 6.54 Å². The third-order valence-electron chi connectivity index (χ3n) is 5.41. The van der Waals surface area contributed by atoms with Crippen LogP contribution in [0.2, 0.25) is 0 Å². The molecule has 1 unspecified atom stereocenters. The van der Waals surface area contributed by atoms with Gasteiger partial charge in [-0.05, 0) is 62.0 Å². The van der Waals surface area contributed by atoms with Gasteiger partial charge in [-0.25, -0.2) is 0 Å². The summed E-state index contributed by atoms with van der Waals surface area (Å²) in [4.78, 5) is 8.37. The summed E-state index contributed by atoms with van der Waals surface area (Å²) in [5.74, 6) is 2.72. The first-order valence-electron chi connectivity index (χ1n) is 10.8. The van der Waals surface area contributed by atoms with Crippen LogP contribution in [0.15, 0.2) is 34.6 Å². The summed E-state index contributed by atoms with van der Waals surface area (Å²) >= 11 is 1.82. The van der Waals surface area contributed by atoms with Gasteiger partial charge in [0.2, 0.25) is 5.75 Å². The molecule has 0 saturated carbocycles. The zero-order valence-electron chi connectivity index (χ0n) is 18.9. The van der Waals surface area contributed by atoms with Crippen LogP contribution in [0.1, 0.15) is 36.2 Å². The molecule has 31 heavy (non-hydrogen) atoms. The number of nitrogens with one attached hydrogen (secondary N) is 2. The van der Waals surface area contributed by atoms with Crippen LogP contribution < -0.4 is 24.8 Å². The van der Waals surface area contributed by atoms with Crippen molar-refractivity contribution >= 4 is 17.3 Å². The first-order valence-corrected chi connectivity index (χ1v) is 11.7. The number of likely N-dealkylation sites (tertiary alicyclic amines) is 1. The minimum absolute atomic E-state index is 0.367. The van der Waals surface area contributed by atoms with Crippen LogP contribution >= 0.6 is 11.3 Å². The Hall–Kier alpha value is -2.45. The van der Waals surface area contributed by atoms with E-state index in [0.717, 1.165) is 31.2 Å². The highest BCUT2D eigenvalue weighted by atomic mass is 32.1. The fourth-order valence-corrected chi connectivity index (χ4v) is 4.73. The lowest BCUT2D eigenvalue weighted by Crippen LogP contribution is -2.42. The third-order valence-corrected chi connectivity index (χ3v) is 6.38. The van der Waals surface area contributed by atoms with E-state index in [9.17, 15) is 0 Å².